The Hall–Kier alpha value is -2.23. The quantitative estimate of drug-likeness (QED) is 0.137. The van der Waals surface area contributed by atoms with Gasteiger partial charge < -0.3 is 0 Å². The molecule has 170 valence electrons. The normalized spacial score (nSPS) is 11.1. The van der Waals surface area contributed by atoms with E-state index < -0.39 is 35.2 Å². The summed E-state index contributed by atoms with van der Waals surface area (Å²) in [6.07, 6.45) is -12.7. The maximum absolute atomic E-state index is 11.8. The van der Waals surface area contributed by atoms with E-state index in [1.807, 2.05) is 0 Å². The predicted octanol–water partition coefficient (Wildman–Crippen LogP) is 7.51. The smallest absolute Gasteiger partial charge is 0.184 e. The van der Waals surface area contributed by atoms with Gasteiger partial charge in [-0.3, -0.25) is 0 Å². The van der Waals surface area contributed by atoms with Crippen molar-refractivity contribution in [3.05, 3.63) is 108 Å². The van der Waals surface area contributed by atoms with Crippen molar-refractivity contribution < 1.29 is 61.9 Å². The number of halogens is 9. The molecule has 0 aliphatic rings. The van der Waals surface area contributed by atoms with E-state index in [1.165, 1.54) is 36.4 Å². The van der Waals surface area contributed by atoms with E-state index in [0.717, 1.165) is 36.4 Å². The summed E-state index contributed by atoms with van der Waals surface area (Å²) >= 11 is 0. The van der Waals surface area contributed by atoms with Gasteiger partial charge >= 0.3 is 40.9 Å². The number of alkyl halides is 9. The fraction of sp³-hybridized carbons (Fsp3) is 0.143. The van der Waals surface area contributed by atoms with Crippen LogP contribution in [0.1, 0.15) is 16.7 Å². The number of hydrogen-bond donors (Lipinski definition) is 0. The SMILES string of the molecule is FC(F)(F)c1cc[c-]cc1.FC(F)(F)c1cc[c-]cc1.FC(F)(F)c1cc[c-]cc1.[Au+3]. The molecule has 0 heterocycles. The van der Waals surface area contributed by atoms with E-state index in [0.29, 0.717) is 0 Å². The van der Waals surface area contributed by atoms with Gasteiger partial charge in [0.15, 0.2) is 0 Å². The van der Waals surface area contributed by atoms with Crippen LogP contribution in [0.25, 0.3) is 0 Å². The van der Waals surface area contributed by atoms with Crippen LogP contribution in [0.4, 0.5) is 39.5 Å². The zero-order chi connectivity index (χ0) is 22.8. The third kappa shape index (κ3) is 11.7. The molecule has 0 radical (unpaired) electrons. The topological polar surface area (TPSA) is 0 Å². The fourth-order valence-corrected chi connectivity index (χ4v) is 1.73. The van der Waals surface area contributed by atoms with Crippen molar-refractivity contribution in [3.8, 4) is 0 Å². The Morgan fingerprint density at radius 2 is 0.548 bits per heavy atom. The molecule has 0 atom stereocenters. The van der Waals surface area contributed by atoms with Gasteiger partial charge in [0.1, 0.15) is 0 Å². The molecular formula is C21H12AuF9. The summed E-state index contributed by atoms with van der Waals surface area (Å²) < 4.78 is 106. The first-order valence-electron chi connectivity index (χ1n) is 7.91. The Kier molecular flexibility index (Phi) is 11.7. The first-order valence-corrected chi connectivity index (χ1v) is 7.91. The summed E-state index contributed by atoms with van der Waals surface area (Å²) in [5.41, 5.74) is -1.90. The second kappa shape index (κ2) is 12.6. The molecule has 0 amide bonds. The van der Waals surface area contributed by atoms with E-state index in [2.05, 4.69) is 18.2 Å². The molecule has 0 saturated carbocycles. The van der Waals surface area contributed by atoms with E-state index in [-0.39, 0.29) is 22.4 Å². The minimum Gasteiger partial charge on any atom is -0.184 e. The van der Waals surface area contributed by atoms with Crippen LogP contribution < -0.4 is 0 Å². The van der Waals surface area contributed by atoms with Crippen LogP contribution in [0.15, 0.2) is 72.8 Å². The van der Waals surface area contributed by atoms with Gasteiger partial charge in [-0.1, -0.05) is 16.7 Å². The molecule has 0 N–H and O–H groups in total. The summed E-state index contributed by atoms with van der Waals surface area (Å²) in [6, 6.07) is 20.9. The van der Waals surface area contributed by atoms with Gasteiger partial charge in [-0.15, -0.1) is 0 Å². The molecule has 0 bridgehead atoms. The third-order valence-electron chi connectivity index (χ3n) is 3.14. The average Bonchev–Trinajstić information content (AvgIpc) is 2.69. The molecule has 0 fully saturated rings. The van der Waals surface area contributed by atoms with Crippen molar-refractivity contribution in [2.75, 3.05) is 0 Å². The van der Waals surface area contributed by atoms with Crippen LogP contribution in [0.3, 0.4) is 0 Å². The number of hydrogen-bond acceptors (Lipinski definition) is 0. The van der Waals surface area contributed by atoms with Crippen molar-refractivity contribution in [2.45, 2.75) is 18.5 Å². The first-order chi connectivity index (χ1) is 13.8. The van der Waals surface area contributed by atoms with Gasteiger partial charge in [0.2, 0.25) is 0 Å². The van der Waals surface area contributed by atoms with Crippen LogP contribution in [-0.4, -0.2) is 0 Å². The average molecular weight is 632 g/mol. The molecule has 0 unspecified atom stereocenters. The van der Waals surface area contributed by atoms with Gasteiger partial charge in [-0.25, -0.2) is 0 Å². The predicted molar refractivity (Wildman–Crippen MR) is 90.8 cm³/mol. The van der Waals surface area contributed by atoms with Gasteiger partial charge in [-0.2, -0.15) is 131 Å². The van der Waals surface area contributed by atoms with Crippen LogP contribution in [0.5, 0.6) is 0 Å². The molecule has 3 rings (SSSR count). The molecule has 3 aromatic carbocycles. The zero-order valence-electron chi connectivity index (χ0n) is 15.1. The van der Waals surface area contributed by atoms with Crippen molar-refractivity contribution in [2.24, 2.45) is 0 Å². The summed E-state index contributed by atoms with van der Waals surface area (Å²) in [6.45, 7) is 0. The van der Waals surface area contributed by atoms with E-state index in [4.69, 9.17) is 0 Å². The molecule has 31 heavy (non-hydrogen) atoms. The second-order valence-electron chi connectivity index (χ2n) is 5.36. The third-order valence-corrected chi connectivity index (χ3v) is 3.14. The van der Waals surface area contributed by atoms with Crippen LogP contribution in [0.2, 0.25) is 0 Å². The Labute approximate surface area is 188 Å². The Balaban J connectivity index is 0.000000429. The molecule has 0 saturated heterocycles. The first kappa shape index (κ1) is 28.8. The Morgan fingerprint density at radius 3 is 0.645 bits per heavy atom. The summed E-state index contributed by atoms with van der Waals surface area (Å²) in [7, 11) is 0. The van der Waals surface area contributed by atoms with Gasteiger partial charge in [-0.05, 0) is 0 Å². The minimum absolute atomic E-state index is 0. The summed E-state index contributed by atoms with van der Waals surface area (Å²) in [4.78, 5) is 0. The van der Waals surface area contributed by atoms with Crippen molar-refractivity contribution in [1.29, 1.82) is 0 Å². The van der Waals surface area contributed by atoms with Gasteiger partial charge in [0.05, 0.1) is 0 Å². The molecule has 10 heteroatoms. The second-order valence-corrected chi connectivity index (χ2v) is 5.36. The van der Waals surface area contributed by atoms with E-state index >= 15 is 0 Å². The van der Waals surface area contributed by atoms with Crippen LogP contribution >= 0.6 is 0 Å². The molecule has 0 aliphatic heterocycles. The van der Waals surface area contributed by atoms with Crippen molar-refractivity contribution >= 4 is 0 Å². The minimum atomic E-state index is -4.23. The molecule has 0 spiro atoms. The maximum atomic E-state index is 11.8. The molecule has 0 aliphatic carbocycles. The largest absolute Gasteiger partial charge is 3.00 e. The molecule has 0 nitrogen and oxygen atoms in total. The molecule has 0 aromatic heterocycles. The Morgan fingerprint density at radius 1 is 0.387 bits per heavy atom. The van der Waals surface area contributed by atoms with Crippen molar-refractivity contribution in [3.63, 3.8) is 0 Å². The zero-order valence-corrected chi connectivity index (χ0v) is 17.3. The number of rotatable bonds is 0. The standard InChI is InChI=1S/3C7H4F3.Au/c3*8-7(9,10)6-4-2-1-3-5-6;/h3*2-5H;/q3*-1;+3. The van der Waals surface area contributed by atoms with Crippen LogP contribution in [-0.2, 0) is 40.9 Å². The maximum Gasteiger partial charge on any atom is 3.00 e. The number of benzene rings is 3. The van der Waals surface area contributed by atoms with Crippen LogP contribution in [0, 0.1) is 18.2 Å². The molecule has 3 aromatic rings. The summed E-state index contributed by atoms with van der Waals surface area (Å²) in [5, 5.41) is 0. The van der Waals surface area contributed by atoms with Gasteiger partial charge in [0.25, 0.3) is 0 Å². The molecular weight excluding hydrogens is 620 g/mol. The van der Waals surface area contributed by atoms with E-state index in [1.54, 1.807) is 0 Å². The van der Waals surface area contributed by atoms with Gasteiger partial charge in [0, 0.05) is 0 Å². The summed E-state index contributed by atoms with van der Waals surface area (Å²) in [5.74, 6) is 0. The Bertz CT molecular complexity index is 724. The fourth-order valence-electron chi connectivity index (χ4n) is 1.73. The monoisotopic (exact) mass is 632 g/mol. The van der Waals surface area contributed by atoms with E-state index in [9.17, 15) is 39.5 Å². The van der Waals surface area contributed by atoms with Crippen molar-refractivity contribution in [1.82, 2.24) is 0 Å².